The van der Waals surface area contributed by atoms with Crippen LogP contribution in [0.3, 0.4) is 0 Å². The molecule has 20 heavy (non-hydrogen) atoms. The second-order valence-electron chi connectivity index (χ2n) is 5.51. The van der Waals surface area contributed by atoms with E-state index in [-0.39, 0.29) is 0 Å². The molecule has 0 amide bonds. The summed E-state index contributed by atoms with van der Waals surface area (Å²) in [6.07, 6.45) is 3.56. The number of hydrogen-bond donors (Lipinski definition) is 1. The fourth-order valence-electron chi connectivity index (χ4n) is 2.82. The molecule has 0 radical (unpaired) electrons. The first-order valence-corrected chi connectivity index (χ1v) is 7.18. The van der Waals surface area contributed by atoms with E-state index in [1.54, 1.807) is 13.1 Å². The summed E-state index contributed by atoms with van der Waals surface area (Å²) in [6, 6.07) is 12.9. The quantitative estimate of drug-likeness (QED) is 0.904. The lowest BCUT2D eigenvalue weighted by atomic mass is 9.96. The molecule has 0 saturated heterocycles. The van der Waals surface area contributed by atoms with Crippen molar-refractivity contribution in [2.75, 3.05) is 4.90 Å². The van der Waals surface area contributed by atoms with E-state index >= 15 is 0 Å². The summed E-state index contributed by atoms with van der Waals surface area (Å²) in [5, 5.41) is 9.58. The summed E-state index contributed by atoms with van der Waals surface area (Å²) >= 11 is 0. The first-order chi connectivity index (χ1) is 9.66. The molecule has 1 aromatic heterocycles. The Morgan fingerprint density at radius 2 is 2.05 bits per heavy atom. The lowest BCUT2D eigenvalue weighted by Crippen LogP contribution is -2.33. The van der Waals surface area contributed by atoms with Gasteiger partial charge in [-0.3, -0.25) is 0 Å². The van der Waals surface area contributed by atoms with Crippen LogP contribution in [0.5, 0.6) is 0 Å². The highest BCUT2D eigenvalue weighted by molar-refractivity contribution is 5.66. The molecule has 104 valence electrons. The number of aryl methyl sites for hydroxylation is 1. The van der Waals surface area contributed by atoms with E-state index in [1.165, 1.54) is 11.3 Å². The summed E-state index contributed by atoms with van der Waals surface area (Å²) < 4.78 is 0. The van der Waals surface area contributed by atoms with Crippen LogP contribution in [0.25, 0.3) is 0 Å². The normalized spacial score (nSPS) is 19.6. The Morgan fingerprint density at radius 1 is 1.25 bits per heavy atom. The number of para-hydroxylation sites is 1. The van der Waals surface area contributed by atoms with Crippen molar-refractivity contribution in [2.24, 2.45) is 0 Å². The molecule has 3 nitrogen and oxygen atoms in total. The fraction of sp³-hybridized carbons (Fsp3) is 0.353. The van der Waals surface area contributed by atoms with Gasteiger partial charge < -0.3 is 10.0 Å². The topological polar surface area (TPSA) is 36.4 Å². The number of aliphatic hydroxyl groups is 1. The van der Waals surface area contributed by atoms with Crippen molar-refractivity contribution in [1.29, 1.82) is 0 Å². The molecule has 0 saturated carbocycles. The third-order valence-corrected chi connectivity index (χ3v) is 4.02. The van der Waals surface area contributed by atoms with Crippen LogP contribution < -0.4 is 4.90 Å². The molecule has 1 aliphatic rings. The third-order valence-electron chi connectivity index (χ3n) is 4.02. The SMILES string of the molecule is CC1CCc2ccccc2N1c1ccc([C@H](C)O)cn1. The van der Waals surface area contributed by atoms with Gasteiger partial charge >= 0.3 is 0 Å². The first-order valence-electron chi connectivity index (χ1n) is 7.18. The van der Waals surface area contributed by atoms with Crippen LogP contribution in [-0.2, 0) is 6.42 Å². The number of pyridine rings is 1. The Hall–Kier alpha value is -1.87. The Kier molecular flexibility index (Phi) is 3.45. The highest BCUT2D eigenvalue weighted by Crippen LogP contribution is 2.35. The van der Waals surface area contributed by atoms with Crippen LogP contribution in [-0.4, -0.2) is 16.1 Å². The van der Waals surface area contributed by atoms with E-state index in [2.05, 4.69) is 41.1 Å². The van der Waals surface area contributed by atoms with Crippen molar-refractivity contribution in [1.82, 2.24) is 4.98 Å². The van der Waals surface area contributed by atoms with Gasteiger partial charge in [0.05, 0.1) is 6.10 Å². The van der Waals surface area contributed by atoms with E-state index in [0.29, 0.717) is 6.04 Å². The van der Waals surface area contributed by atoms with Crippen molar-refractivity contribution >= 4 is 11.5 Å². The lowest BCUT2D eigenvalue weighted by Gasteiger charge is -2.36. The maximum absolute atomic E-state index is 9.58. The summed E-state index contributed by atoms with van der Waals surface area (Å²) in [5.41, 5.74) is 3.49. The zero-order valence-corrected chi connectivity index (χ0v) is 12.0. The maximum atomic E-state index is 9.58. The predicted molar refractivity (Wildman–Crippen MR) is 81.2 cm³/mol. The van der Waals surface area contributed by atoms with Crippen molar-refractivity contribution in [3.63, 3.8) is 0 Å². The summed E-state index contributed by atoms with van der Waals surface area (Å²) in [4.78, 5) is 6.84. The van der Waals surface area contributed by atoms with Crippen molar-refractivity contribution < 1.29 is 5.11 Å². The predicted octanol–water partition coefficient (Wildman–Crippen LogP) is 3.61. The van der Waals surface area contributed by atoms with Crippen LogP contribution in [0.2, 0.25) is 0 Å². The van der Waals surface area contributed by atoms with Crippen LogP contribution in [0.4, 0.5) is 11.5 Å². The van der Waals surface area contributed by atoms with Gasteiger partial charge in [0.15, 0.2) is 0 Å². The highest BCUT2D eigenvalue weighted by Gasteiger charge is 2.24. The number of nitrogens with zero attached hydrogens (tertiary/aromatic N) is 2. The number of rotatable bonds is 2. The molecule has 3 rings (SSSR count). The smallest absolute Gasteiger partial charge is 0.133 e. The summed E-state index contributed by atoms with van der Waals surface area (Å²) in [5.74, 6) is 0.953. The monoisotopic (exact) mass is 268 g/mol. The number of aromatic nitrogens is 1. The molecule has 1 aliphatic heterocycles. The summed E-state index contributed by atoms with van der Waals surface area (Å²) in [7, 11) is 0. The van der Waals surface area contributed by atoms with Gasteiger partial charge in [-0.15, -0.1) is 0 Å². The number of anilines is 2. The van der Waals surface area contributed by atoms with E-state index in [0.717, 1.165) is 24.2 Å². The van der Waals surface area contributed by atoms with Crippen molar-refractivity contribution in [3.8, 4) is 0 Å². The van der Waals surface area contributed by atoms with Gasteiger partial charge in [-0.05, 0) is 49.9 Å². The molecule has 0 aliphatic carbocycles. The van der Waals surface area contributed by atoms with Crippen LogP contribution in [0, 0.1) is 0 Å². The van der Waals surface area contributed by atoms with Crippen LogP contribution in [0.1, 0.15) is 37.5 Å². The average Bonchev–Trinajstić information content (AvgIpc) is 2.47. The van der Waals surface area contributed by atoms with E-state index < -0.39 is 6.10 Å². The molecule has 1 unspecified atom stereocenters. The number of aliphatic hydroxyl groups excluding tert-OH is 1. The standard InChI is InChI=1S/C17H20N2O/c1-12-7-8-14-5-3-4-6-16(14)19(12)17-10-9-15(11-18-17)13(2)20/h3-6,9-13,20H,7-8H2,1-2H3/t12?,13-/m0/s1. The number of fused-ring (bicyclic) bond motifs is 1. The zero-order chi connectivity index (χ0) is 14.1. The van der Waals surface area contributed by atoms with Gasteiger partial charge in [0.1, 0.15) is 5.82 Å². The Balaban J connectivity index is 2.00. The highest BCUT2D eigenvalue weighted by atomic mass is 16.3. The van der Waals surface area contributed by atoms with Crippen molar-refractivity contribution in [3.05, 3.63) is 53.7 Å². The third kappa shape index (κ3) is 2.29. The van der Waals surface area contributed by atoms with Gasteiger partial charge in [0.2, 0.25) is 0 Å². The fourth-order valence-corrected chi connectivity index (χ4v) is 2.82. The molecule has 1 N–H and O–H groups in total. The largest absolute Gasteiger partial charge is 0.389 e. The lowest BCUT2D eigenvalue weighted by molar-refractivity contribution is 0.199. The Bertz CT molecular complexity index is 592. The second-order valence-corrected chi connectivity index (χ2v) is 5.51. The molecule has 2 aromatic rings. The van der Waals surface area contributed by atoms with Crippen LogP contribution >= 0.6 is 0 Å². The molecule has 2 heterocycles. The van der Waals surface area contributed by atoms with E-state index in [4.69, 9.17) is 0 Å². The molecule has 2 atom stereocenters. The molecular weight excluding hydrogens is 248 g/mol. The van der Waals surface area contributed by atoms with Crippen molar-refractivity contribution in [2.45, 2.75) is 38.8 Å². The van der Waals surface area contributed by atoms with Gasteiger partial charge in [0.25, 0.3) is 0 Å². The van der Waals surface area contributed by atoms with E-state index in [1.807, 2.05) is 12.1 Å². The second kappa shape index (κ2) is 5.25. The molecule has 1 aromatic carbocycles. The molecule has 0 fully saturated rings. The molecule has 0 spiro atoms. The Morgan fingerprint density at radius 3 is 2.75 bits per heavy atom. The molecule has 3 heteroatoms. The average molecular weight is 268 g/mol. The zero-order valence-electron chi connectivity index (χ0n) is 12.0. The summed E-state index contributed by atoms with van der Waals surface area (Å²) in [6.45, 7) is 4.00. The first kappa shape index (κ1) is 13.1. The number of benzene rings is 1. The molecular formula is C17H20N2O. The molecule has 0 bridgehead atoms. The minimum absolute atomic E-state index is 0.440. The van der Waals surface area contributed by atoms with Crippen LogP contribution in [0.15, 0.2) is 42.6 Å². The van der Waals surface area contributed by atoms with Gasteiger partial charge in [-0.2, -0.15) is 0 Å². The van der Waals surface area contributed by atoms with Gasteiger partial charge in [-0.1, -0.05) is 24.3 Å². The minimum atomic E-state index is -0.470. The van der Waals surface area contributed by atoms with Gasteiger partial charge in [-0.25, -0.2) is 4.98 Å². The maximum Gasteiger partial charge on any atom is 0.133 e. The Labute approximate surface area is 119 Å². The number of hydrogen-bond acceptors (Lipinski definition) is 3. The van der Waals surface area contributed by atoms with E-state index in [9.17, 15) is 5.11 Å². The minimum Gasteiger partial charge on any atom is -0.389 e. The van der Waals surface area contributed by atoms with Gasteiger partial charge in [0, 0.05) is 17.9 Å².